The highest BCUT2D eigenvalue weighted by atomic mass is 35.5. The highest BCUT2D eigenvalue weighted by Gasteiger charge is 2.30. The lowest BCUT2D eigenvalue weighted by Crippen LogP contribution is -2.37. The van der Waals surface area contributed by atoms with E-state index < -0.39 is 6.61 Å². The monoisotopic (exact) mass is 380 g/mol. The molecule has 0 radical (unpaired) electrons. The summed E-state index contributed by atoms with van der Waals surface area (Å²) in [6, 6.07) is 1.99. The smallest absolute Gasteiger partial charge is 0.248 e. The highest BCUT2D eigenvalue weighted by Crippen LogP contribution is 2.42. The third-order valence-corrected chi connectivity index (χ3v) is 5.85. The molecule has 2 aromatic rings. The first-order valence-corrected chi connectivity index (χ1v) is 8.92. The molecular weight excluding hydrogens is 363 g/mol. The van der Waals surface area contributed by atoms with Crippen LogP contribution in [0.1, 0.15) is 29.3 Å². The summed E-state index contributed by atoms with van der Waals surface area (Å²) in [5.74, 6) is -0.261. The molecule has 0 spiro atoms. The van der Waals surface area contributed by atoms with Gasteiger partial charge in [0.25, 0.3) is 0 Å². The van der Waals surface area contributed by atoms with E-state index in [2.05, 4.69) is 10.1 Å². The van der Waals surface area contributed by atoms with Crippen molar-refractivity contribution >= 4 is 46.2 Å². The van der Waals surface area contributed by atoms with Gasteiger partial charge in [0.05, 0.1) is 21.6 Å². The maximum absolute atomic E-state index is 11.9. The predicted octanol–water partition coefficient (Wildman–Crippen LogP) is 2.71. The van der Waals surface area contributed by atoms with Gasteiger partial charge in [-0.1, -0.05) is 23.2 Å². The van der Waals surface area contributed by atoms with Crippen molar-refractivity contribution < 1.29 is 9.90 Å². The van der Waals surface area contributed by atoms with Crippen molar-refractivity contribution in [1.29, 1.82) is 0 Å². The van der Waals surface area contributed by atoms with E-state index in [-0.39, 0.29) is 11.9 Å². The maximum atomic E-state index is 11.9. The van der Waals surface area contributed by atoms with Crippen molar-refractivity contribution in [3.8, 4) is 0 Å². The molecule has 25 heavy (non-hydrogen) atoms. The molecule has 1 unspecified atom stereocenters. The zero-order valence-electron chi connectivity index (χ0n) is 13.7. The van der Waals surface area contributed by atoms with Crippen LogP contribution in [0.5, 0.6) is 0 Å². The van der Waals surface area contributed by atoms with Gasteiger partial charge >= 0.3 is 0 Å². The number of hydrazone groups is 1. The molecule has 0 bridgehead atoms. The van der Waals surface area contributed by atoms with Crippen molar-refractivity contribution in [2.45, 2.75) is 25.4 Å². The van der Waals surface area contributed by atoms with Crippen LogP contribution in [-0.4, -0.2) is 52.3 Å². The van der Waals surface area contributed by atoms with Crippen LogP contribution < -0.4 is 0 Å². The average molecular weight is 381 g/mol. The van der Waals surface area contributed by atoms with Crippen LogP contribution in [0.25, 0.3) is 10.9 Å². The number of benzene rings is 1. The molecule has 0 fully saturated rings. The van der Waals surface area contributed by atoms with Gasteiger partial charge in [0.2, 0.25) is 5.91 Å². The van der Waals surface area contributed by atoms with E-state index in [1.807, 2.05) is 24.3 Å². The Labute approximate surface area is 155 Å². The molecule has 2 N–H and O–H groups in total. The molecular formula is C17H18Cl2N4O2. The summed E-state index contributed by atoms with van der Waals surface area (Å²) >= 11 is 12.8. The van der Waals surface area contributed by atoms with E-state index >= 15 is 0 Å². The normalized spacial score (nSPS) is 19.8. The molecule has 1 aromatic carbocycles. The van der Waals surface area contributed by atoms with Crippen LogP contribution in [0.4, 0.5) is 0 Å². The van der Waals surface area contributed by atoms with E-state index in [0.29, 0.717) is 29.6 Å². The van der Waals surface area contributed by atoms with E-state index in [4.69, 9.17) is 23.2 Å². The number of H-pyrrole nitrogens is 1. The number of nitrogens with zero attached hydrogens (tertiary/aromatic N) is 3. The first-order valence-electron chi connectivity index (χ1n) is 8.16. The highest BCUT2D eigenvalue weighted by molar-refractivity contribution is 6.45. The van der Waals surface area contributed by atoms with Gasteiger partial charge in [-0.3, -0.25) is 9.80 Å². The van der Waals surface area contributed by atoms with Crippen molar-refractivity contribution in [3.63, 3.8) is 0 Å². The second kappa shape index (κ2) is 6.20. The van der Waals surface area contributed by atoms with Crippen molar-refractivity contribution in [3.05, 3.63) is 32.9 Å². The molecule has 0 aliphatic carbocycles. The first-order chi connectivity index (χ1) is 12.0. The van der Waals surface area contributed by atoms with Crippen molar-refractivity contribution in [2.75, 3.05) is 20.2 Å². The second-order valence-electron chi connectivity index (χ2n) is 6.44. The minimum Gasteiger partial charge on any atom is -0.387 e. The molecule has 1 amide bonds. The number of aliphatic hydroxyl groups is 1. The van der Waals surface area contributed by atoms with E-state index in [1.165, 1.54) is 0 Å². The number of nitrogens with one attached hydrogen (secondary N) is 1. The molecule has 1 atom stereocenters. The Kier molecular flexibility index (Phi) is 4.14. The Morgan fingerprint density at radius 1 is 1.48 bits per heavy atom. The van der Waals surface area contributed by atoms with Gasteiger partial charge < -0.3 is 15.0 Å². The predicted molar refractivity (Wildman–Crippen MR) is 98.1 cm³/mol. The number of fused-ring (bicyclic) bond motifs is 3. The lowest BCUT2D eigenvalue weighted by Gasteiger charge is -2.27. The number of hydrogen-bond donors (Lipinski definition) is 2. The average Bonchev–Trinajstić information content (AvgIpc) is 3.20. The Morgan fingerprint density at radius 2 is 2.28 bits per heavy atom. The van der Waals surface area contributed by atoms with Gasteiger partial charge in [0, 0.05) is 55.8 Å². The lowest BCUT2D eigenvalue weighted by molar-refractivity contribution is -0.135. The summed E-state index contributed by atoms with van der Waals surface area (Å²) in [4.78, 5) is 17.0. The minimum absolute atomic E-state index is 0.0843. The number of carbonyl (C=O) groups is 1. The zero-order valence-corrected chi connectivity index (χ0v) is 15.2. The number of halogens is 2. The molecule has 1 aromatic heterocycles. The fourth-order valence-electron chi connectivity index (χ4n) is 3.78. The van der Waals surface area contributed by atoms with Gasteiger partial charge in [-0.05, 0) is 11.6 Å². The molecule has 3 heterocycles. The second-order valence-corrected chi connectivity index (χ2v) is 7.23. The summed E-state index contributed by atoms with van der Waals surface area (Å²) in [5, 5.41) is 17.4. The summed E-state index contributed by atoms with van der Waals surface area (Å²) in [5.41, 5.74) is 3.99. The Bertz CT molecular complexity index is 893. The standard InChI is InChI=1S/C17H18Cl2N4O2/c1-22-13(2-4-20-22)9-6-11(18)16(19)17-15(9)10-7-23(14(25)8-24)5-3-12(10)21-17/h4,6,13,21,24H,2-3,5,7-8H2,1H3. The van der Waals surface area contributed by atoms with Crippen molar-refractivity contribution in [1.82, 2.24) is 14.9 Å². The first kappa shape index (κ1) is 16.7. The fourth-order valence-corrected chi connectivity index (χ4v) is 4.19. The summed E-state index contributed by atoms with van der Waals surface area (Å²) < 4.78 is 0. The van der Waals surface area contributed by atoms with Gasteiger partial charge in [-0.2, -0.15) is 5.10 Å². The van der Waals surface area contributed by atoms with Gasteiger partial charge in [-0.25, -0.2) is 0 Å². The molecule has 2 aliphatic rings. The number of hydrogen-bond acceptors (Lipinski definition) is 4. The molecule has 132 valence electrons. The van der Waals surface area contributed by atoms with Gasteiger partial charge in [0.1, 0.15) is 6.61 Å². The molecule has 0 saturated carbocycles. The Balaban J connectivity index is 1.90. The molecule has 0 saturated heterocycles. The third-order valence-electron chi connectivity index (χ3n) is 5.06. The SMILES string of the molecule is CN1N=CCC1c1cc(Cl)c(Cl)c2[nH]c3c(c12)CN(C(=O)CO)CC3. The number of aromatic nitrogens is 1. The molecule has 4 rings (SSSR count). The fraction of sp³-hybridized carbons (Fsp3) is 0.412. The van der Waals surface area contributed by atoms with Crippen LogP contribution in [0.3, 0.4) is 0 Å². The van der Waals surface area contributed by atoms with Crippen LogP contribution in [0, 0.1) is 0 Å². The Hall–Kier alpha value is -1.76. The number of aliphatic hydroxyl groups excluding tert-OH is 1. The van der Waals surface area contributed by atoms with Crippen LogP contribution in [0.2, 0.25) is 10.0 Å². The zero-order chi connectivity index (χ0) is 17.7. The van der Waals surface area contributed by atoms with Gasteiger partial charge in [-0.15, -0.1) is 0 Å². The molecule has 8 heteroatoms. The molecule has 6 nitrogen and oxygen atoms in total. The van der Waals surface area contributed by atoms with Crippen LogP contribution in [0.15, 0.2) is 11.2 Å². The van der Waals surface area contributed by atoms with E-state index in [1.54, 1.807) is 4.90 Å². The van der Waals surface area contributed by atoms with Crippen LogP contribution >= 0.6 is 23.2 Å². The number of amides is 1. The minimum atomic E-state index is -0.476. The summed E-state index contributed by atoms with van der Waals surface area (Å²) in [6.07, 6.45) is 3.38. The van der Waals surface area contributed by atoms with Crippen LogP contribution in [-0.2, 0) is 17.8 Å². The summed E-state index contributed by atoms with van der Waals surface area (Å²) in [6.45, 7) is 0.555. The quantitative estimate of drug-likeness (QED) is 0.840. The van der Waals surface area contributed by atoms with E-state index in [9.17, 15) is 9.90 Å². The van der Waals surface area contributed by atoms with Crippen molar-refractivity contribution in [2.24, 2.45) is 5.10 Å². The number of aromatic amines is 1. The molecule has 2 aliphatic heterocycles. The lowest BCUT2D eigenvalue weighted by atomic mass is 9.95. The van der Waals surface area contributed by atoms with Gasteiger partial charge in [0.15, 0.2) is 0 Å². The largest absolute Gasteiger partial charge is 0.387 e. The maximum Gasteiger partial charge on any atom is 0.248 e. The van der Waals surface area contributed by atoms with E-state index in [0.717, 1.165) is 34.1 Å². The number of carbonyl (C=O) groups excluding carboxylic acids is 1. The topological polar surface area (TPSA) is 71.9 Å². The Morgan fingerprint density at radius 3 is 2.96 bits per heavy atom. The summed E-state index contributed by atoms with van der Waals surface area (Å²) in [7, 11) is 1.93. The number of rotatable bonds is 2. The third kappa shape index (κ3) is 2.60.